The zero-order valence-corrected chi connectivity index (χ0v) is 13.3. The van der Waals surface area contributed by atoms with Gasteiger partial charge in [-0.2, -0.15) is 0 Å². The summed E-state index contributed by atoms with van der Waals surface area (Å²) < 4.78 is 9.67. The molecule has 126 valence electrons. The Morgan fingerprint density at radius 2 is 1.70 bits per heavy atom. The van der Waals surface area contributed by atoms with Crippen LogP contribution in [-0.2, 0) is 25.5 Å². The normalized spacial score (nSPS) is 11.2. The average molecular weight is 322 g/mol. The molecule has 0 saturated heterocycles. The molecule has 0 saturated carbocycles. The van der Waals surface area contributed by atoms with Gasteiger partial charge in [-0.15, -0.1) is 0 Å². The first kappa shape index (κ1) is 18.5. The second kappa shape index (κ2) is 10.2. The fraction of sp³-hybridized carbons (Fsp3) is 0.438. The summed E-state index contributed by atoms with van der Waals surface area (Å²) in [5.41, 5.74) is 0.885. The molecule has 0 unspecified atom stereocenters. The molecule has 2 amide bonds. The van der Waals surface area contributed by atoms with E-state index in [2.05, 4.69) is 10.6 Å². The Morgan fingerprint density at radius 3 is 2.30 bits per heavy atom. The number of hydrogen-bond acceptors (Lipinski definition) is 5. The third-order valence-electron chi connectivity index (χ3n) is 2.86. The molecule has 0 bridgehead atoms. The molecule has 1 aromatic rings. The maximum absolute atomic E-state index is 12.0. The molecule has 0 radical (unpaired) electrons. The van der Waals surface area contributed by atoms with E-state index in [1.165, 1.54) is 0 Å². The van der Waals surface area contributed by atoms with Gasteiger partial charge in [-0.3, -0.25) is 4.79 Å². The van der Waals surface area contributed by atoms with Crippen LogP contribution in [0.5, 0.6) is 0 Å². The summed E-state index contributed by atoms with van der Waals surface area (Å²) in [5, 5.41) is 4.86. The Morgan fingerprint density at radius 1 is 1.04 bits per heavy atom. The summed E-state index contributed by atoms with van der Waals surface area (Å²) in [4.78, 5) is 35.0. The number of benzene rings is 1. The molecule has 7 nitrogen and oxygen atoms in total. The van der Waals surface area contributed by atoms with Crippen LogP contribution in [0.25, 0.3) is 0 Å². The second-order valence-corrected chi connectivity index (χ2v) is 4.63. The Kier molecular flexibility index (Phi) is 8.20. The van der Waals surface area contributed by atoms with Crippen molar-refractivity contribution in [1.82, 2.24) is 10.6 Å². The Hall–Kier alpha value is -2.57. The molecular formula is C16H22N2O5. The van der Waals surface area contributed by atoms with E-state index in [1.807, 2.05) is 30.3 Å². The molecule has 0 fully saturated rings. The molecule has 0 spiro atoms. The predicted octanol–water partition coefficient (Wildman–Crippen LogP) is 1.02. The number of ether oxygens (including phenoxy) is 2. The minimum Gasteiger partial charge on any atom is -0.465 e. The Bertz CT molecular complexity index is 518. The number of hydrogen-bond donors (Lipinski definition) is 2. The van der Waals surface area contributed by atoms with Gasteiger partial charge in [-0.25, -0.2) is 9.59 Å². The zero-order chi connectivity index (χ0) is 17.1. The van der Waals surface area contributed by atoms with Crippen LogP contribution in [0.4, 0.5) is 4.79 Å². The topological polar surface area (TPSA) is 93.7 Å². The number of urea groups is 1. The maximum Gasteiger partial charge on any atom is 0.329 e. The molecule has 7 heteroatoms. The van der Waals surface area contributed by atoms with E-state index < -0.39 is 24.0 Å². The molecule has 0 aliphatic heterocycles. The minimum absolute atomic E-state index is 0.218. The summed E-state index contributed by atoms with van der Waals surface area (Å²) in [6.07, 6.45) is 0.298. The number of carbonyl (C=O) groups is 3. The lowest BCUT2D eigenvalue weighted by Crippen LogP contribution is -2.48. The van der Waals surface area contributed by atoms with Crippen molar-refractivity contribution in [3.63, 3.8) is 0 Å². The summed E-state index contributed by atoms with van der Waals surface area (Å²) in [6.45, 7) is 3.56. The van der Waals surface area contributed by atoms with Crippen molar-refractivity contribution in [2.45, 2.75) is 26.3 Å². The third-order valence-corrected chi connectivity index (χ3v) is 2.86. The van der Waals surface area contributed by atoms with Crippen molar-refractivity contribution < 1.29 is 23.9 Å². The van der Waals surface area contributed by atoms with Gasteiger partial charge >= 0.3 is 18.0 Å². The lowest BCUT2D eigenvalue weighted by atomic mass is 10.1. The van der Waals surface area contributed by atoms with Gasteiger partial charge in [-0.1, -0.05) is 30.3 Å². The summed E-state index contributed by atoms with van der Waals surface area (Å²) >= 11 is 0. The van der Waals surface area contributed by atoms with Gasteiger partial charge in [0.25, 0.3) is 0 Å². The van der Waals surface area contributed by atoms with Crippen molar-refractivity contribution in [3.05, 3.63) is 35.9 Å². The van der Waals surface area contributed by atoms with Crippen LogP contribution in [0.15, 0.2) is 30.3 Å². The second-order valence-electron chi connectivity index (χ2n) is 4.63. The first-order valence-corrected chi connectivity index (χ1v) is 7.47. The van der Waals surface area contributed by atoms with E-state index in [0.717, 1.165) is 5.56 Å². The van der Waals surface area contributed by atoms with E-state index in [-0.39, 0.29) is 19.8 Å². The maximum atomic E-state index is 12.0. The zero-order valence-electron chi connectivity index (χ0n) is 13.3. The van der Waals surface area contributed by atoms with Crippen molar-refractivity contribution in [2.24, 2.45) is 0 Å². The van der Waals surface area contributed by atoms with Gasteiger partial charge in [0.1, 0.15) is 12.6 Å². The monoisotopic (exact) mass is 322 g/mol. The highest BCUT2D eigenvalue weighted by atomic mass is 16.5. The highest BCUT2D eigenvalue weighted by Gasteiger charge is 2.22. The fourth-order valence-corrected chi connectivity index (χ4v) is 1.86. The molecule has 0 heterocycles. The summed E-state index contributed by atoms with van der Waals surface area (Å²) in [7, 11) is 0. The lowest BCUT2D eigenvalue weighted by molar-refractivity contribution is -0.145. The largest absolute Gasteiger partial charge is 0.465 e. The highest BCUT2D eigenvalue weighted by molar-refractivity contribution is 5.85. The van der Waals surface area contributed by atoms with E-state index in [1.54, 1.807) is 13.8 Å². The first-order valence-electron chi connectivity index (χ1n) is 7.47. The summed E-state index contributed by atoms with van der Waals surface area (Å²) in [5.74, 6) is -1.07. The van der Waals surface area contributed by atoms with Gasteiger partial charge in [0.2, 0.25) is 0 Å². The number of nitrogens with one attached hydrogen (secondary N) is 2. The Labute approximate surface area is 135 Å². The molecule has 2 N–H and O–H groups in total. The third kappa shape index (κ3) is 7.30. The van der Waals surface area contributed by atoms with Crippen LogP contribution in [-0.4, -0.2) is 43.8 Å². The van der Waals surface area contributed by atoms with Crippen LogP contribution in [0, 0.1) is 0 Å². The van der Waals surface area contributed by atoms with Crippen LogP contribution in [0.2, 0.25) is 0 Å². The molecule has 23 heavy (non-hydrogen) atoms. The van der Waals surface area contributed by atoms with Crippen molar-refractivity contribution >= 4 is 18.0 Å². The van der Waals surface area contributed by atoms with E-state index in [4.69, 9.17) is 9.47 Å². The molecule has 0 aliphatic carbocycles. The van der Waals surface area contributed by atoms with Gasteiger partial charge in [-0.05, 0) is 19.4 Å². The molecule has 1 rings (SSSR count). The standard InChI is InChI=1S/C16H22N2O5/c1-3-22-14(19)11-17-16(21)18-13(15(20)23-4-2)10-12-8-6-5-7-9-12/h5-9,13H,3-4,10-11H2,1-2H3,(H2,17,18,21)/t13-/m1/s1. The van der Waals surface area contributed by atoms with Crippen LogP contribution in [0.1, 0.15) is 19.4 Å². The van der Waals surface area contributed by atoms with Crippen molar-refractivity contribution in [1.29, 1.82) is 0 Å². The summed E-state index contributed by atoms with van der Waals surface area (Å²) in [6, 6.07) is 7.79. The van der Waals surface area contributed by atoms with Crippen molar-refractivity contribution in [3.8, 4) is 0 Å². The number of amides is 2. The SMILES string of the molecule is CCOC(=O)CNC(=O)N[C@H](Cc1ccccc1)C(=O)OCC. The molecule has 0 aliphatic rings. The van der Waals surface area contributed by atoms with E-state index >= 15 is 0 Å². The molecule has 1 aromatic carbocycles. The highest BCUT2D eigenvalue weighted by Crippen LogP contribution is 2.04. The first-order chi connectivity index (χ1) is 11.1. The number of rotatable bonds is 8. The fourth-order valence-electron chi connectivity index (χ4n) is 1.86. The molecule has 1 atom stereocenters. The number of carbonyl (C=O) groups excluding carboxylic acids is 3. The van der Waals surface area contributed by atoms with Crippen LogP contribution >= 0.6 is 0 Å². The van der Waals surface area contributed by atoms with Gasteiger partial charge in [0.15, 0.2) is 0 Å². The smallest absolute Gasteiger partial charge is 0.329 e. The predicted molar refractivity (Wildman–Crippen MR) is 83.7 cm³/mol. The van der Waals surface area contributed by atoms with E-state index in [9.17, 15) is 14.4 Å². The lowest BCUT2D eigenvalue weighted by Gasteiger charge is -2.17. The Balaban J connectivity index is 2.60. The molecular weight excluding hydrogens is 300 g/mol. The minimum atomic E-state index is -0.834. The quantitative estimate of drug-likeness (QED) is 0.697. The van der Waals surface area contributed by atoms with Crippen LogP contribution in [0.3, 0.4) is 0 Å². The average Bonchev–Trinajstić information content (AvgIpc) is 2.54. The van der Waals surface area contributed by atoms with Gasteiger partial charge in [0, 0.05) is 6.42 Å². The number of esters is 2. The van der Waals surface area contributed by atoms with Crippen LogP contribution < -0.4 is 10.6 Å². The van der Waals surface area contributed by atoms with E-state index in [0.29, 0.717) is 6.42 Å². The van der Waals surface area contributed by atoms with Gasteiger partial charge < -0.3 is 20.1 Å². The molecule has 0 aromatic heterocycles. The van der Waals surface area contributed by atoms with Gasteiger partial charge in [0.05, 0.1) is 13.2 Å². The van der Waals surface area contributed by atoms with Crippen molar-refractivity contribution in [2.75, 3.05) is 19.8 Å².